The molecule has 5 heteroatoms. The van der Waals surface area contributed by atoms with Crippen LogP contribution in [0.25, 0.3) is 33.9 Å². The highest BCUT2D eigenvalue weighted by atomic mass is 15.2. The molecular weight excluding hydrogens is 430 g/mol. The van der Waals surface area contributed by atoms with Crippen molar-refractivity contribution in [2.75, 3.05) is 5.32 Å². The first-order chi connectivity index (χ1) is 17.2. The zero-order valence-corrected chi connectivity index (χ0v) is 19.8. The van der Waals surface area contributed by atoms with E-state index in [2.05, 4.69) is 70.6 Å². The molecule has 3 heterocycles. The predicted molar refractivity (Wildman–Crippen MR) is 142 cm³/mol. The van der Waals surface area contributed by atoms with Crippen LogP contribution in [0.4, 0.5) is 11.5 Å². The molecule has 2 aromatic carbocycles. The number of nitrogens with zero attached hydrogens (tertiary/aromatic N) is 3. The Labute approximate surface area is 205 Å². The molecule has 0 atom stereocenters. The predicted octanol–water partition coefficient (Wildman–Crippen LogP) is 6.95. The molecule has 1 aliphatic heterocycles. The molecule has 0 bridgehead atoms. The molecule has 35 heavy (non-hydrogen) atoms. The van der Waals surface area contributed by atoms with Crippen molar-refractivity contribution in [3.05, 3.63) is 84.2 Å². The number of hydrogen-bond acceptors (Lipinski definition) is 4. The van der Waals surface area contributed by atoms with Crippen LogP contribution in [0.3, 0.4) is 0 Å². The molecule has 0 radical (unpaired) electrons. The Morgan fingerprint density at radius 3 is 2.54 bits per heavy atom. The summed E-state index contributed by atoms with van der Waals surface area (Å²) < 4.78 is 2.31. The lowest BCUT2D eigenvalue weighted by Gasteiger charge is -2.38. The number of para-hydroxylation sites is 1. The molecule has 3 aliphatic rings. The van der Waals surface area contributed by atoms with Gasteiger partial charge in [-0.15, -0.1) is 0 Å². The van der Waals surface area contributed by atoms with Gasteiger partial charge >= 0.3 is 0 Å². The average molecular weight is 460 g/mol. The van der Waals surface area contributed by atoms with E-state index in [1.165, 1.54) is 30.4 Å². The summed E-state index contributed by atoms with van der Waals surface area (Å²) in [7, 11) is 0. The van der Waals surface area contributed by atoms with Gasteiger partial charge in [-0.2, -0.15) is 0 Å². The normalized spacial score (nSPS) is 17.7. The van der Waals surface area contributed by atoms with Crippen molar-refractivity contribution in [3.8, 4) is 28.3 Å². The van der Waals surface area contributed by atoms with E-state index in [0.717, 1.165) is 71.2 Å². The van der Waals surface area contributed by atoms with Gasteiger partial charge in [-0.1, -0.05) is 42.5 Å². The summed E-state index contributed by atoms with van der Waals surface area (Å²) in [4.78, 5) is 10.1. The van der Waals surface area contributed by atoms with Crippen LogP contribution in [0.2, 0.25) is 0 Å². The smallest absolute Gasteiger partial charge is 0.154 e. The standard InChI is InChI=1S/C30H29N5/c31-30(17-7-18-30)22-15-13-21(14-16-22)27-26(20-8-2-1-3-9-20)34-29-23-10-4-5-11-24(23)33-28-25(35(27)29)12-6-19-32-28/h4-6,8,10-16,19H,1-3,7,9,17-18,31H2,(H,32,33). The molecule has 7 rings (SSSR count). The van der Waals surface area contributed by atoms with Gasteiger partial charge in [0.15, 0.2) is 5.82 Å². The molecule has 1 saturated carbocycles. The minimum atomic E-state index is -0.166. The van der Waals surface area contributed by atoms with Crippen LogP contribution in [0.15, 0.2) is 72.9 Å². The maximum Gasteiger partial charge on any atom is 0.154 e. The van der Waals surface area contributed by atoms with Crippen molar-refractivity contribution in [2.24, 2.45) is 5.73 Å². The summed E-state index contributed by atoms with van der Waals surface area (Å²) in [6.07, 6.45) is 12.2. The minimum absolute atomic E-state index is 0.166. The van der Waals surface area contributed by atoms with Gasteiger partial charge in [0.25, 0.3) is 0 Å². The van der Waals surface area contributed by atoms with Crippen LogP contribution in [0.5, 0.6) is 0 Å². The van der Waals surface area contributed by atoms with Crippen molar-refractivity contribution < 1.29 is 0 Å². The molecule has 0 amide bonds. The highest BCUT2D eigenvalue weighted by Crippen LogP contribution is 2.45. The Kier molecular flexibility index (Phi) is 4.68. The lowest BCUT2D eigenvalue weighted by atomic mass is 9.72. The summed E-state index contributed by atoms with van der Waals surface area (Å²) in [5, 5.41) is 3.55. The zero-order valence-electron chi connectivity index (χ0n) is 19.8. The largest absolute Gasteiger partial charge is 0.338 e. The van der Waals surface area contributed by atoms with Crippen LogP contribution in [0.1, 0.15) is 56.2 Å². The average Bonchev–Trinajstić information content (AvgIpc) is 3.22. The maximum absolute atomic E-state index is 6.64. The number of hydrogen-bond donors (Lipinski definition) is 2. The quantitative estimate of drug-likeness (QED) is 0.306. The number of anilines is 2. The number of nitrogens with two attached hydrogens (primary N) is 1. The van der Waals surface area contributed by atoms with E-state index in [1.807, 2.05) is 12.3 Å². The highest BCUT2D eigenvalue weighted by molar-refractivity contribution is 5.89. The van der Waals surface area contributed by atoms with Crippen LogP contribution in [0, 0.1) is 0 Å². The van der Waals surface area contributed by atoms with Gasteiger partial charge in [-0.25, -0.2) is 9.97 Å². The van der Waals surface area contributed by atoms with Crippen molar-refractivity contribution in [2.45, 2.75) is 50.5 Å². The number of pyridine rings is 1. The van der Waals surface area contributed by atoms with Gasteiger partial charge in [0.05, 0.1) is 22.8 Å². The summed E-state index contributed by atoms with van der Waals surface area (Å²) >= 11 is 0. The van der Waals surface area contributed by atoms with Crippen molar-refractivity contribution in [1.82, 2.24) is 14.5 Å². The van der Waals surface area contributed by atoms with E-state index in [-0.39, 0.29) is 5.54 Å². The molecule has 3 N–H and O–H groups in total. The zero-order chi connectivity index (χ0) is 23.4. The molecular formula is C30H29N5. The molecule has 1 fully saturated rings. The number of fused-ring (bicyclic) bond motifs is 5. The van der Waals surface area contributed by atoms with Gasteiger partial charge < -0.3 is 11.1 Å². The third kappa shape index (κ3) is 3.26. The molecule has 4 aromatic rings. The fraction of sp³-hybridized carbons (Fsp3) is 0.267. The number of rotatable bonds is 3. The second-order valence-corrected chi connectivity index (χ2v) is 10.1. The van der Waals surface area contributed by atoms with Crippen LogP contribution in [-0.2, 0) is 5.54 Å². The fourth-order valence-corrected chi connectivity index (χ4v) is 5.77. The summed E-state index contributed by atoms with van der Waals surface area (Å²) in [5.74, 6) is 1.79. The minimum Gasteiger partial charge on any atom is -0.338 e. The maximum atomic E-state index is 6.64. The number of allylic oxidation sites excluding steroid dienone is 2. The molecule has 0 saturated heterocycles. The number of benzene rings is 2. The van der Waals surface area contributed by atoms with Gasteiger partial charge in [-0.05, 0) is 80.3 Å². The Balaban J connectivity index is 1.51. The third-order valence-corrected chi connectivity index (χ3v) is 7.90. The lowest BCUT2D eigenvalue weighted by Crippen LogP contribution is -2.43. The first-order valence-corrected chi connectivity index (χ1v) is 12.8. The summed E-state index contributed by atoms with van der Waals surface area (Å²) in [6, 6.07) is 21.4. The summed E-state index contributed by atoms with van der Waals surface area (Å²) in [5.41, 5.74) is 15.6. The Morgan fingerprint density at radius 2 is 1.77 bits per heavy atom. The second kappa shape index (κ2) is 7.92. The van der Waals surface area contributed by atoms with E-state index >= 15 is 0 Å². The molecule has 2 aromatic heterocycles. The van der Waals surface area contributed by atoms with E-state index in [9.17, 15) is 0 Å². The summed E-state index contributed by atoms with van der Waals surface area (Å²) in [6.45, 7) is 0. The van der Waals surface area contributed by atoms with E-state index in [1.54, 1.807) is 0 Å². The van der Waals surface area contributed by atoms with Gasteiger partial charge in [0.1, 0.15) is 5.82 Å². The lowest BCUT2D eigenvalue weighted by molar-refractivity contribution is 0.253. The highest BCUT2D eigenvalue weighted by Gasteiger charge is 2.34. The van der Waals surface area contributed by atoms with Crippen LogP contribution < -0.4 is 11.1 Å². The number of imidazole rings is 1. The number of nitrogens with one attached hydrogen (secondary N) is 1. The molecule has 0 unspecified atom stereocenters. The van der Waals surface area contributed by atoms with Crippen LogP contribution >= 0.6 is 0 Å². The number of aromatic nitrogens is 3. The monoisotopic (exact) mass is 459 g/mol. The van der Waals surface area contributed by atoms with Crippen LogP contribution in [-0.4, -0.2) is 14.5 Å². The SMILES string of the molecule is NC1(c2ccc(-c3c(C4=CCCCC4)nc4n3-c3cccnc3Nc3ccccc3-4)cc2)CCC1. The van der Waals surface area contributed by atoms with Gasteiger partial charge in [0, 0.05) is 22.9 Å². The van der Waals surface area contributed by atoms with E-state index in [0.29, 0.717) is 0 Å². The molecule has 2 aliphatic carbocycles. The second-order valence-electron chi connectivity index (χ2n) is 10.1. The topological polar surface area (TPSA) is 68.8 Å². The Bertz CT molecular complexity index is 1460. The third-order valence-electron chi connectivity index (χ3n) is 7.90. The van der Waals surface area contributed by atoms with Gasteiger partial charge in [0.2, 0.25) is 0 Å². The Morgan fingerprint density at radius 1 is 0.914 bits per heavy atom. The molecule has 174 valence electrons. The first-order valence-electron chi connectivity index (χ1n) is 12.8. The van der Waals surface area contributed by atoms with E-state index < -0.39 is 0 Å². The van der Waals surface area contributed by atoms with Gasteiger partial charge in [-0.3, -0.25) is 4.57 Å². The first kappa shape index (κ1) is 20.7. The molecule has 0 spiro atoms. The van der Waals surface area contributed by atoms with Crippen molar-refractivity contribution in [1.29, 1.82) is 0 Å². The van der Waals surface area contributed by atoms with Crippen molar-refractivity contribution >= 4 is 17.1 Å². The Hall–Kier alpha value is -3.70. The van der Waals surface area contributed by atoms with Crippen molar-refractivity contribution in [3.63, 3.8) is 0 Å². The van der Waals surface area contributed by atoms with E-state index in [4.69, 9.17) is 15.7 Å². The fourth-order valence-electron chi connectivity index (χ4n) is 5.77. The molecule has 5 nitrogen and oxygen atoms in total.